The van der Waals surface area contributed by atoms with Gasteiger partial charge < -0.3 is 20.1 Å². The highest BCUT2D eigenvalue weighted by atomic mass is 16.6. The van der Waals surface area contributed by atoms with Crippen LogP contribution in [-0.2, 0) is 6.54 Å². The molecule has 9 heteroatoms. The Morgan fingerprint density at radius 1 is 1.20 bits per heavy atom. The number of aryl methyl sites for hydroxylation is 1. The van der Waals surface area contributed by atoms with Crippen molar-refractivity contribution in [3.63, 3.8) is 0 Å². The molecule has 0 bridgehead atoms. The van der Waals surface area contributed by atoms with Gasteiger partial charge in [-0.2, -0.15) is 4.68 Å². The summed E-state index contributed by atoms with van der Waals surface area (Å²) in [5.74, 6) is 1.00. The maximum absolute atomic E-state index is 12.2. The molecule has 2 N–H and O–H groups in total. The molecule has 0 aliphatic heterocycles. The maximum Gasteiger partial charge on any atom is 0.412 e. The van der Waals surface area contributed by atoms with E-state index in [-0.39, 0.29) is 6.61 Å². The fourth-order valence-electron chi connectivity index (χ4n) is 2.85. The van der Waals surface area contributed by atoms with E-state index in [1.807, 2.05) is 56.3 Å². The zero-order chi connectivity index (χ0) is 21.7. The van der Waals surface area contributed by atoms with Gasteiger partial charge in [0.1, 0.15) is 5.75 Å². The molecule has 0 aliphatic carbocycles. The maximum atomic E-state index is 12.2. The number of carbonyl (C=O) groups excluding carboxylic acids is 1. The molecule has 9 nitrogen and oxygen atoms in total. The quantitative estimate of drug-likeness (QED) is 0.615. The van der Waals surface area contributed by atoms with Crippen molar-refractivity contribution in [1.29, 1.82) is 0 Å². The first-order chi connectivity index (χ1) is 14.4. The third kappa shape index (κ3) is 5.40. The van der Waals surface area contributed by atoms with Gasteiger partial charge in [0.05, 0.1) is 24.9 Å². The van der Waals surface area contributed by atoms with Crippen LogP contribution in [0.15, 0.2) is 42.5 Å². The summed E-state index contributed by atoms with van der Waals surface area (Å²) in [6.07, 6.45) is -0.645. The van der Waals surface area contributed by atoms with Crippen LogP contribution in [0, 0.1) is 6.92 Å². The molecule has 1 aromatic heterocycles. The topological polar surface area (TPSA) is 105 Å². The number of ether oxygens (including phenoxy) is 1. The SMILES string of the molecule is Cc1ccc(-c2cc(OC(=O)N[C@@H](C)CO)cc(-n3nnnc3CN(C)C)c2)cc1. The highest BCUT2D eigenvalue weighted by Crippen LogP contribution is 2.28. The van der Waals surface area contributed by atoms with Crippen LogP contribution in [0.2, 0.25) is 0 Å². The minimum atomic E-state index is -0.645. The van der Waals surface area contributed by atoms with Crippen LogP contribution in [0.5, 0.6) is 5.75 Å². The molecule has 0 saturated carbocycles. The second-order valence-electron chi connectivity index (χ2n) is 7.44. The van der Waals surface area contributed by atoms with Crippen LogP contribution < -0.4 is 10.1 Å². The third-order valence-electron chi connectivity index (χ3n) is 4.36. The fraction of sp³-hybridized carbons (Fsp3) is 0.333. The molecule has 0 aliphatic rings. The second-order valence-corrected chi connectivity index (χ2v) is 7.44. The van der Waals surface area contributed by atoms with Crippen LogP contribution in [0.3, 0.4) is 0 Å². The lowest BCUT2D eigenvalue weighted by molar-refractivity contribution is 0.186. The largest absolute Gasteiger partial charge is 0.412 e. The third-order valence-corrected chi connectivity index (χ3v) is 4.36. The zero-order valence-electron chi connectivity index (χ0n) is 17.5. The molecule has 30 heavy (non-hydrogen) atoms. The normalized spacial score (nSPS) is 12.1. The van der Waals surface area contributed by atoms with Crippen molar-refractivity contribution in [3.8, 4) is 22.6 Å². The number of carbonyl (C=O) groups is 1. The number of aliphatic hydroxyl groups excluding tert-OH is 1. The average Bonchev–Trinajstić information content (AvgIpc) is 3.15. The highest BCUT2D eigenvalue weighted by molar-refractivity contribution is 5.74. The van der Waals surface area contributed by atoms with Crippen molar-refractivity contribution in [2.45, 2.75) is 26.4 Å². The first kappa shape index (κ1) is 21.4. The smallest absolute Gasteiger partial charge is 0.410 e. The minimum absolute atomic E-state index is 0.178. The fourth-order valence-corrected chi connectivity index (χ4v) is 2.85. The molecule has 1 heterocycles. The van der Waals surface area contributed by atoms with E-state index in [2.05, 4.69) is 20.8 Å². The number of hydrogen-bond acceptors (Lipinski definition) is 7. The molecule has 0 saturated heterocycles. The van der Waals surface area contributed by atoms with Gasteiger partial charge in [-0.3, -0.25) is 0 Å². The number of nitrogens with zero attached hydrogens (tertiary/aromatic N) is 5. The Bertz CT molecular complexity index is 1000. The predicted octanol–water partition coefficient (Wildman–Crippen LogP) is 2.17. The number of tetrazole rings is 1. The van der Waals surface area contributed by atoms with Crippen LogP contribution in [-0.4, -0.2) is 63.1 Å². The van der Waals surface area contributed by atoms with Gasteiger partial charge in [0.2, 0.25) is 0 Å². The lowest BCUT2D eigenvalue weighted by atomic mass is 10.0. The first-order valence-corrected chi connectivity index (χ1v) is 9.59. The molecule has 158 valence electrons. The molecule has 1 amide bonds. The monoisotopic (exact) mass is 410 g/mol. The molecule has 0 radical (unpaired) electrons. The van der Waals surface area contributed by atoms with Crippen molar-refractivity contribution in [1.82, 2.24) is 30.4 Å². The molecule has 0 fully saturated rings. The summed E-state index contributed by atoms with van der Waals surface area (Å²) in [6, 6.07) is 13.1. The van der Waals surface area contributed by atoms with Crippen molar-refractivity contribution >= 4 is 6.09 Å². The number of aromatic nitrogens is 4. The van der Waals surface area contributed by atoms with Crippen LogP contribution in [0.25, 0.3) is 16.8 Å². The Labute approximate surface area is 175 Å². The number of nitrogens with one attached hydrogen (secondary N) is 1. The number of hydrogen-bond donors (Lipinski definition) is 2. The summed E-state index contributed by atoms with van der Waals surface area (Å²) in [6.45, 7) is 4.08. The second kappa shape index (κ2) is 9.47. The Morgan fingerprint density at radius 3 is 2.60 bits per heavy atom. The van der Waals surface area contributed by atoms with Crippen LogP contribution in [0.4, 0.5) is 4.79 Å². The molecular formula is C21H26N6O3. The van der Waals surface area contributed by atoms with Gasteiger partial charge >= 0.3 is 6.09 Å². The van der Waals surface area contributed by atoms with Gasteiger partial charge in [-0.15, -0.1) is 5.10 Å². The van der Waals surface area contributed by atoms with E-state index in [4.69, 9.17) is 9.84 Å². The van der Waals surface area contributed by atoms with Gasteiger partial charge in [-0.05, 0) is 61.6 Å². The van der Waals surface area contributed by atoms with Gasteiger partial charge in [-0.25, -0.2) is 4.79 Å². The average molecular weight is 410 g/mol. The Morgan fingerprint density at radius 2 is 1.93 bits per heavy atom. The van der Waals surface area contributed by atoms with E-state index in [1.54, 1.807) is 23.7 Å². The Kier molecular flexibility index (Phi) is 6.76. The van der Waals surface area contributed by atoms with E-state index in [0.29, 0.717) is 23.8 Å². The number of benzene rings is 2. The van der Waals surface area contributed by atoms with Gasteiger partial charge in [-0.1, -0.05) is 29.8 Å². The highest BCUT2D eigenvalue weighted by Gasteiger charge is 2.15. The Balaban J connectivity index is 2.01. The first-order valence-electron chi connectivity index (χ1n) is 9.59. The summed E-state index contributed by atoms with van der Waals surface area (Å²) in [5.41, 5.74) is 3.65. The molecule has 3 aromatic rings. The van der Waals surface area contributed by atoms with Crippen molar-refractivity contribution in [3.05, 3.63) is 53.9 Å². The standard InChI is InChI=1S/C21H26N6O3/c1-14-5-7-16(8-6-14)17-9-18(27-20(12-26(3)4)23-24-25-27)11-19(10-17)30-21(29)22-15(2)13-28/h5-11,15,28H,12-13H2,1-4H3,(H,22,29)/t15-/m0/s1. The Hall–Kier alpha value is -3.30. The lowest BCUT2D eigenvalue weighted by Crippen LogP contribution is -2.37. The minimum Gasteiger partial charge on any atom is -0.410 e. The number of rotatable bonds is 7. The molecular weight excluding hydrogens is 384 g/mol. The van der Waals surface area contributed by atoms with E-state index < -0.39 is 12.1 Å². The molecule has 2 aromatic carbocycles. The van der Waals surface area contributed by atoms with Gasteiger partial charge in [0, 0.05) is 6.07 Å². The predicted molar refractivity (Wildman–Crippen MR) is 112 cm³/mol. The molecule has 1 atom stereocenters. The van der Waals surface area contributed by atoms with E-state index >= 15 is 0 Å². The lowest BCUT2D eigenvalue weighted by Gasteiger charge is -2.14. The molecule has 0 spiro atoms. The summed E-state index contributed by atoms with van der Waals surface area (Å²) >= 11 is 0. The molecule has 0 unspecified atom stereocenters. The van der Waals surface area contributed by atoms with Crippen LogP contribution >= 0.6 is 0 Å². The summed E-state index contributed by atoms with van der Waals surface area (Å²) in [5, 5.41) is 23.7. The zero-order valence-corrected chi connectivity index (χ0v) is 17.5. The number of aliphatic hydroxyl groups is 1. The van der Waals surface area contributed by atoms with E-state index in [1.165, 1.54) is 0 Å². The number of amides is 1. The van der Waals surface area contributed by atoms with Crippen LogP contribution in [0.1, 0.15) is 18.3 Å². The van der Waals surface area contributed by atoms with Gasteiger partial charge in [0.15, 0.2) is 5.82 Å². The summed E-state index contributed by atoms with van der Waals surface area (Å²) < 4.78 is 7.10. The summed E-state index contributed by atoms with van der Waals surface area (Å²) in [4.78, 5) is 14.2. The van der Waals surface area contributed by atoms with Crippen molar-refractivity contribution in [2.24, 2.45) is 0 Å². The van der Waals surface area contributed by atoms with E-state index in [9.17, 15) is 4.79 Å². The summed E-state index contributed by atoms with van der Waals surface area (Å²) in [7, 11) is 3.87. The van der Waals surface area contributed by atoms with Crippen molar-refractivity contribution in [2.75, 3.05) is 20.7 Å². The van der Waals surface area contributed by atoms with Crippen molar-refractivity contribution < 1.29 is 14.6 Å². The molecule has 3 rings (SSSR count). The van der Waals surface area contributed by atoms with Gasteiger partial charge in [0.25, 0.3) is 0 Å². The van der Waals surface area contributed by atoms with E-state index in [0.717, 1.165) is 16.7 Å².